The number of rotatable bonds is 2. The van der Waals surface area contributed by atoms with Crippen molar-refractivity contribution in [2.24, 2.45) is 5.92 Å². The van der Waals surface area contributed by atoms with Crippen molar-refractivity contribution in [1.29, 1.82) is 0 Å². The van der Waals surface area contributed by atoms with E-state index in [1.807, 2.05) is 12.4 Å². The molecule has 2 saturated heterocycles. The molecular formula is C16H19N3S. The zero-order valence-corrected chi connectivity index (χ0v) is 12.5. The van der Waals surface area contributed by atoms with E-state index in [1.54, 1.807) is 11.3 Å². The van der Waals surface area contributed by atoms with Gasteiger partial charge in [-0.15, -0.1) is 11.3 Å². The van der Waals surface area contributed by atoms with Crippen LogP contribution in [0.5, 0.6) is 0 Å². The van der Waals surface area contributed by atoms with Crippen molar-refractivity contribution >= 4 is 17.0 Å². The first-order valence-corrected chi connectivity index (χ1v) is 8.15. The number of hydrogen-bond acceptors (Lipinski definition) is 4. The molecule has 0 saturated carbocycles. The van der Waals surface area contributed by atoms with E-state index in [2.05, 4.69) is 39.6 Å². The fourth-order valence-electron chi connectivity index (χ4n) is 3.36. The highest BCUT2D eigenvalue weighted by Gasteiger charge is 2.32. The molecule has 3 nitrogen and oxygen atoms in total. The van der Waals surface area contributed by atoms with Gasteiger partial charge >= 0.3 is 0 Å². The fourth-order valence-corrected chi connectivity index (χ4v) is 4.24. The third kappa shape index (κ3) is 2.23. The van der Waals surface area contributed by atoms with Crippen LogP contribution < -0.4 is 10.2 Å². The second-order valence-corrected chi connectivity index (χ2v) is 6.94. The van der Waals surface area contributed by atoms with E-state index in [0.717, 1.165) is 19.0 Å². The van der Waals surface area contributed by atoms with Gasteiger partial charge in [-0.05, 0) is 42.3 Å². The second-order valence-electron chi connectivity index (χ2n) is 6.03. The van der Waals surface area contributed by atoms with Gasteiger partial charge in [0.05, 0.1) is 11.9 Å². The van der Waals surface area contributed by atoms with Crippen molar-refractivity contribution in [1.82, 2.24) is 10.3 Å². The summed E-state index contributed by atoms with van der Waals surface area (Å²) < 4.78 is 0. The Labute approximate surface area is 123 Å². The number of hydrogen-bond donors (Lipinski definition) is 1. The van der Waals surface area contributed by atoms with Crippen LogP contribution in [0.15, 0.2) is 29.9 Å². The molecule has 2 aromatic rings. The quantitative estimate of drug-likeness (QED) is 0.919. The lowest BCUT2D eigenvalue weighted by molar-refractivity contribution is 0.474. The molecule has 4 rings (SSSR count). The van der Waals surface area contributed by atoms with Crippen LogP contribution in [0.3, 0.4) is 0 Å². The average molecular weight is 285 g/mol. The standard InChI is InChI=1S/C16H19N3S/c1-11-2-16(20-10-11)13-4-15(7-17-6-13)19-8-12-3-14(9-19)18-5-12/h2,4,6-7,10,12,14,18H,3,5,8-9H2,1H3. The summed E-state index contributed by atoms with van der Waals surface area (Å²) in [5, 5.41) is 5.81. The topological polar surface area (TPSA) is 28.2 Å². The zero-order valence-electron chi connectivity index (χ0n) is 11.7. The molecule has 0 aliphatic carbocycles. The number of fused-ring (bicyclic) bond motifs is 2. The summed E-state index contributed by atoms with van der Waals surface area (Å²) in [6, 6.07) is 5.21. The van der Waals surface area contributed by atoms with Crippen molar-refractivity contribution in [3.05, 3.63) is 35.5 Å². The highest BCUT2D eigenvalue weighted by atomic mass is 32.1. The third-order valence-electron chi connectivity index (χ3n) is 4.34. The highest BCUT2D eigenvalue weighted by molar-refractivity contribution is 7.13. The molecule has 2 fully saturated rings. The Balaban J connectivity index is 1.63. The van der Waals surface area contributed by atoms with E-state index >= 15 is 0 Å². The van der Waals surface area contributed by atoms with Gasteiger partial charge in [0, 0.05) is 42.3 Å². The molecule has 20 heavy (non-hydrogen) atoms. The first-order valence-electron chi connectivity index (χ1n) is 7.27. The van der Waals surface area contributed by atoms with E-state index in [4.69, 9.17) is 0 Å². The molecular weight excluding hydrogens is 266 g/mol. The summed E-state index contributed by atoms with van der Waals surface area (Å²) in [5.74, 6) is 0.807. The lowest BCUT2D eigenvalue weighted by Gasteiger charge is -2.32. The first kappa shape index (κ1) is 12.4. The van der Waals surface area contributed by atoms with Crippen LogP contribution in [-0.2, 0) is 0 Å². The van der Waals surface area contributed by atoms with Crippen molar-refractivity contribution in [2.45, 2.75) is 19.4 Å². The molecule has 1 N–H and O–H groups in total. The molecule has 2 bridgehead atoms. The molecule has 2 unspecified atom stereocenters. The van der Waals surface area contributed by atoms with Crippen molar-refractivity contribution in [3.63, 3.8) is 0 Å². The Bertz CT molecular complexity index is 610. The maximum Gasteiger partial charge on any atom is 0.0559 e. The smallest absolute Gasteiger partial charge is 0.0559 e. The number of nitrogens with one attached hydrogen (secondary N) is 1. The van der Waals surface area contributed by atoms with Crippen LogP contribution in [0.1, 0.15) is 12.0 Å². The molecule has 0 spiro atoms. The maximum absolute atomic E-state index is 4.46. The van der Waals surface area contributed by atoms with Crippen molar-refractivity contribution in [2.75, 3.05) is 24.5 Å². The highest BCUT2D eigenvalue weighted by Crippen LogP contribution is 2.31. The van der Waals surface area contributed by atoms with Gasteiger partial charge in [0.1, 0.15) is 0 Å². The minimum absolute atomic E-state index is 0.668. The Morgan fingerprint density at radius 3 is 3.05 bits per heavy atom. The van der Waals surface area contributed by atoms with Gasteiger partial charge in [-0.3, -0.25) is 4.98 Å². The molecule has 0 aromatic carbocycles. The average Bonchev–Trinajstić information content (AvgIpc) is 3.05. The van der Waals surface area contributed by atoms with E-state index in [0.29, 0.717) is 6.04 Å². The summed E-state index contributed by atoms with van der Waals surface area (Å²) in [7, 11) is 0. The van der Waals surface area contributed by atoms with Gasteiger partial charge in [0.2, 0.25) is 0 Å². The Kier molecular flexibility index (Phi) is 3.00. The van der Waals surface area contributed by atoms with Crippen molar-refractivity contribution < 1.29 is 0 Å². The maximum atomic E-state index is 4.46. The Morgan fingerprint density at radius 2 is 2.25 bits per heavy atom. The predicted octanol–water partition coefficient (Wildman–Crippen LogP) is 2.92. The Morgan fingerprint density at radius 1 is 1.30 bits per heavy atom. The van der Waals surface area contributed by atoms with Gasteiger partial charge in [0.15, 0.2) is 0 Å². The lowest BCUT2D eigenvalue weighted by atomic mass is 9.99. The lowest BCUT2D eigenvalue weighted by Crippen LogP contribution is -2.41. The number of anilines is 1. The van der Waals surface area contributed by atoms with Gasteiger partial charge in [0.25, 0.3) is 0 Å². The van der Waals surface area contributed by atoms with E-state index in [1.165, 1.54) is 34.7 Å². The van der Waals surface area contributed by atoms with Crippen LogP contribution in [0, 0.1) is 12.8 Å². The monoisotopic (exact) mass is 285 g/mol. The number of aryl methyl sites for hydroxylation is 1. The molecule has 2 aliphatic heterocycles. The summed E-state index contributed by atoms with van der Waals surface area (Å²) in [6.45, 7) is 5.60. The van der Waals surface area contributed by atoms with Crippen LogP contribution >= 0.6 is 11.3 Å². The molecule has 104 valence electrons. The minimum atomic E-state index is 0.668. The van der Waals surface area contributed by atoms with Crippen molar-refractivity contribution in [3.8, 4) is 10.4 Å². The van der Waals surface area contributed by atoms with E-state index in [-0.39, 0.29) is 0 Å². The molecule has 4 heteroatoms. The fraction of sp³-hybridized carbons (Fsp3) is 0.438. The molecule has 2 atom stereocenters. The summed E-state index contributed by atoms with van der Waals surface area (Å²) in [5.41, 5.74) is 3.84. The summed E-state index contributed by atoms with van der Waals surface area (Å²) in [6.07, 6.45) is 5.33. The number of thiophene rings is 1. The van der Waals surface area contributed by atoms with Crippen LogP contribution in [0.2, 0.25) is 0 Å². The molecule has 2 aliphatic rings. The van der Waals surface area contributed by atoms with Crippen LogP contribution in [0.25, 0.3) is 10.4 Å². The van der Waals surface area contributed by atoms with Gasteiger partial charge in [-0.25, -0.2) is 0 Å². The second kappa shape index (κ2) is 4.86. The molecule has 0 radical (unpaired) electrons. The number of aromatic nitrogens is 1. The number of piperidine rings is 1. The molecule has 0 amide bonds. The first-order chi connectivity index (χ1) is 9.78. The number of pyridine rings is 1. The number of nitrogens with zero attached hydrogens (tertiary/aromatic N) is 2. The van der Waals surface area contributed by atoms with Gasteiger partial charge in [-0.2, -0.15) is 0 Å². The SMILES string of the molecule is Cc1csc(-c2cncc(N3CC4CNC(C4)C3)c2)c1. The van der Waals surface area contributed by atoms with E-state index in [9.17, 15) is 0 Å². The van der Waals surface area contributed by atoms with Gasteiger partial charge in [-0.1, -0.05) is 0 Å². The van der Waals surface area contributed by atoms with Gasteiger partial charge < -0.3 is 10.2 Å². The zero-order chi connectivity index (χ0) is 13.5. The summed E-state index contributed by atoms with van der Waals surface area (Å²) in [4.78, 5) is 8.27. The normalized spacial score (nSPS) is 25.1. The molecule has 4 heterocycles. The largest absolute Gasteiger partial charge is 0.368 e. The summed E-state index contributed by atoms with van der Waals surface area (Å²) >= 11 is 1.80. The third-order valence-corrected chi connectivity index (χ3v) is 5.43. The minimum Gasteiger partial charge on any atom is -0.368 e. The van der Waals surface area contributed by atoms with Crippen LogP contribution in [0.4, 0.5) is 5.69 Å². The molecule has 2 aromatic heterocycles. The van der Waals surface area contributed by atoms with E-state index < -0.39 is 0 Å². The predicted molar refractivity (Wildman–Crippen MR) is 84.4 cm³/mol. The Hall–Kier alpha value is -1.39. The van der Waals surface area contributed by atoms with Crippen LogP contribution in [-0.4, -0.2) is 30.7 Å².